The summed E-state index contributed by atoms with van der Waals surface area (Å²) in [5, 5.41) is 24.2. The molecule has 0 aromatic heterocycles. The zero-order valence-corrected chi connectivity index (χ0v) is 21.0. The summed E-state index contributed by atoms with van der Waals surface area (Å²) in [5.41, 5.74) is 8.49. The Labute approximate surface area is 188 Å². The second kappa shape index (κ2) is 17.1. The molecule has 0 aliphatic heterocycles. The fourth-order valence-corrected chi connectivity index (χ4v) is 2.26. The molecule has 28 heavy (non-hydrogen) atoms. The van der Waals surface area contributed by atoms with Crippen LogP contribution in [0, 0.1) is 27.7 Å². The Balaban J connectivity index is -0.000000401. The molecule has 0 spiro atoms. The summed E-state index contributed by atoms with van der Waals surface area (Å²) >= 11 is 0. The molecule has 0 aliphatic carbocycles. The van der Waals surface area contributed by atoms with Crippen molar-refractivity contribution in [2.24, 2.45) is 0 Å². The second-order valence-corrected chi connectivity index (χ2v) is 7.52. The van der Waals surface area contributed by atoms with Crippen LogP contribution in [0.15, 0.2) is 30.3 Å². The van der Waals surface area contributed by atoms with Crippen LogP contribution >= 0.6 is 0 Å². The SMILES string of the molecule is CC(C)O.CC(C)O.CC(C)O.Cc1c(C)c(C)[c-](-c2ccccc2)c1C.[Ti]. The van der Waals surface area contributed by atoms with Crippen LogP contribution in [-0.4, -0.2) is 33.6 Å². The first-order valence-electron chi connectivity index (χ1n) is 9.65. The van der Waals surface area contributed by atoms with Gasteiger partial charge in [0.25, 0.3) is 0 Å². The van der Waals surface area contributed by atoms with Gasteiger partial charge in [0.1, 0.15) is 0 Å². The molecule has 0 atom stereocenters. The minimum Gasteiger partial charge on any atom is -0.394 e. The smallest absolute Gasteiger partial charge is 0.0483 e. The Kier molecular flexibility index (Phi) is 19.4. The molecule has 0 fully saturated rings. The Morgan fingerprint density at radius 3 is 1.11 bits per heavy atom. The van der Waals surface area contributed by atoms with E-state index < -0.39 is 0 Å². The first kappa shape index (κ1) is 31.8. The number of hydrogen-bond acceptors (Lipinski definition) is 3. The van der Waals surface area contributed by atoms with E-state index in [1.54, 1.807) is 41.5 Å². The predicted molar refractivity (Wildman–Crippen MR) is 118 cm³/mol. The van der Waals surface area contributed by atoms with Gasteiger partial charge < -0.3 is 15.3 Å². The second-order valence-electron chi connectivity index (χ2n) is 7.52. The number of benzene rings is 1. The maximum atomic E-state index is 8.06. The molecule has 160 valence electrons. The minimum atomic E-state index is -0.167. The monoisotopic (exact) mass is 425 g/mol. The van der Waals surface area contributed by atoms with Crippen molar-refractivity contribution in [1.82, 2.24) is 0 Å². The Morgan fingerprint density at radius 2 is 0.857 bits per heavy atom. The summed E-state index contributed by atoms with van der Waals surface area (Å²) in [6.45, 7) is 19.2. The van der Waals surface area contributed by atoms with Crippen LogP contribution in [0.4, 0.5) is 0 Å². The Morgan fingerprint density at radius 1 is 0.607 bits per heavy atom. The van der Waals surface area contributed by atoms with Gasteiger partial charge in [0.2, 0.25) is 0 Å². The van der Waals surface area contributed by atoms with Crippen molar-refractivity contribution in [2.45, 2.75) is 87.5 Å². The maximum Gasteiger partial charge on any atom is 0.0483 e. The van der Waals surface area contributed by atoms with Crippen LogP contribution in [0.25, 0.3) is 11.1 Å². The van der Waals surface area contributed by atoms with Crippen molar-refractivity contribution in [3.8, 4) is 11.1 Å². The molecule has 3 nitrogen and oxygen atoms in total. The molecule has 0 bridgehead atoms. The quantitative estimate of drug-likeness (QED) is 0.420. The van der Waals surface area contributed by atoms with Crippen molar-refractivity contribution in [2.75, 3.05) is 0 Å². The van der Waals surface area contributed by atoms with Crippen LogP contribution in [0.5, 0.6) is 0 Å². The third-order valence-corrected chi connectivity index (χ3v) is 3.50. The zero-order valence-electron chi connectivity index (χ0n) is 19.5. The van der Waals surface area contributed by atoms with Gasteiger partial charge in [-0.1, -0.05) is 51.5 Å². The summed E-state index contributed by atoms with van der Waals surface area (Å²) in [4.78, 5) is 0. The van der Waals surface area contributed by atoms with E-state index >= 15 is 0 Å². The maximum absolute atomic E-state index is 8.06. The molecule has 4 heteroatoms. The van der Waals surface area contributed by atoms with Crippen LogP contribution in [0.2, 0.25) is 0 Å². The van der Waals surface area contributed by atoms with E-state index in [4.69, 9.17) is 15.3 Å². The predicted octanol–water partition coefficient (Wildman–Crippen LogP) is 5.46. The first-order chi connectivity index (χ1) is 12.3. The summed E-state index contributed by atoms with van der Waals surface area (Å²) in [6, 6.07) is 10.6. The average molecular weight is 425 g/mol. The standard InChI is InChI=1S/C15H17.3C3H8O.Ti/c1-10-11(2)13(4)15(12(10)3)14-8-6-5-7-9-14;3*1-3(2)4;/h5-9H,1-4H3;3*3-4H,1-2H3;/q-1;;;;. The molecule has 2 aromatic rings. The van der Waals surface area contributed by atoms with Crippen molar-refractivity contribution < 1.29 is 37.0 Å². The van der Waals surface area contributed by atoms with Gasteiger partial charge in [-0.2, -0.15) is 0 Å². The number of aliphatic hydroxyl groups excluding tert-OH is 3. The van der Waals surface area contributed by atoms with E-state index in [1.165, 1.54) is 33.4 Å². The molecule has 3 N–H and O–H groups in total. The van der Waals surface area contributed by atoms with Gasteiger partial charge in [-0.15, -0.1) is 39.9 Å². The van der Waals surface area contributed by atoms with Gasteiger partial charge in [0.15, 0.2) is 0 Å². The van der Waals surface area contributed by atoms with Crippen LogP contribution in [0.3, 0.4) is 0 Å². The van der Waals surface area contributed by atoms with Crippen LogP contribution < -0.4 is 0 Å². The van der Waals surface area contributed by atoms with Crippen molar-refractivity contribution in [3.05, 3.63) is 52.6 Å². The summed E-state index contributed by atoms with van der Waals surface area (Å²) < 4.78 is 0. The molecule has 0 heterocycles. The molecule has 0 amide bonds. The van der Waals surface area contributed by atoms with Crippen molar-refractivity contribution >= 4 is 0 Å². The zero-order chi connectivity index (χ0) is 21.7. The number of hydrogen-bond donors (Lipinski definition) is 3. The molecule has 2 rings (SSSR count). The molecule has 0 saturated heterocycles. The normalized spacial score (nSPS) is 9.57. The van der Waals surface area contributed by atoms with Gasteiger partial charge in [-0.3, -0.25) is 0 Å². The third kappa shape index (κ3) is 15.1. The van der Waals surface area contributed by atoms with Crippen molar-refractivity contribution in [3.63, 3.8) is 0 Å². The van der Waals surface area contributed by atoms with Gasteiger partial charge in [-0.05, 0) is 41.5 Å². The van der Waals surface area contributed by atoms with Gasteiger partial charge in [-0.25, -0.2) is 0 Å². The summed E-state index contributed by atoms with van der Waals surface area (Å²) in [7, 11) is 0. The van der Waals surface area contributed by atoms with E-state index in [0.29, 0.717) is 0 Å². The minimum absolute atomic E-state index is 0. The van der Waals surface area contributed by atoms with E-state index in [2.05, 4.69) is 58.0 Å². The summed E-state index contributed by atoms with van der Waals surface area (Å²) in [5.74, 6) is 0. The Hall–Kier alpha value is -0.836. The fraction of sp³-hybridized carbons (Fsp3) is 0.542. The first-order valence-corrected chi connectivity index (χ1v) is 9.65. The van der Waals surface area contributed by atoms with E-state index in [-0.39, 0.29) is 40.0 Å². The average Bonchev–Trinajstić information content (AvgIpc) is 2.70. The van der Waals surface area contributed by atoms with Crippen LogP contribution in [0.1, 0.15) is 63.8 Å². The van der Waals surface area contributed by atoms with Crippen LogP contribution in [-0.2, 0) is 21.7 Å². The third-order valence-electron chi connectivity index (χ3n) is 3.50. The van der Waals surface area contributed by atoms with E-state index in [0.717, 1.165) is 0 Å². The number of aliphatic hydroxyl groups is 3. The van der Waals surface area contributed by atoms with Gasteiger partial charge in [0, 0.05) is 40.0 Å². The molecular formula is C24H41O3Ti-. The fourth-order valence-electron chi connectivity index (χ4n) is 2.26. The number of rotatable bonds is 1. The molecule has 0 unspecified atom stereocenters. The molecule has 0 radical (unpaired) electrons. The van der Waals surface area contributed by atoms with E-state index in [1.807, 2.05) is 0 Å². The molecule has 0 aliphatic rings. The Bertz CT molecular complexity index is 566. The topological polar surface area (TPSA) is 60.7 Å². The van der Waals surface area contributed by atoms with Crippen molar-refractivity contribution in [1.29, 1.82) is 0 Å². The largest absolute Gasteiger partial charge is 0.394 e. The molecule has 0 saturated carbocycles. The molecule has 2 aromatic carbocycles. The van der Waals surface area contributed by atoms with Gasteiger partial charge in [0.05, 0.1) is 0 Å². The molecular weight excluding hydrogens is 384 g/mol. The summed E-state index contributed by atoms with van der Waals surface area (Å²) in [6.07, 6.45) is -0.500. The van der Waals surface area contributed by atoms with E-state index in [9.17, 15) is 0 Å². The van der Waals surface area contributed by atoms with Gasteiger partial charge >= 0.3 is 0 Å².